The molecule has 0 N–H and O–H groups in total. The predicted octanol–water partition coefficient (Wildman–Crippen LogP) is 13.4. The molecule has 1 atom stereocenters. The van der Waals surface area contributed by atoms with E-state index in [-0.39, 0.29) is 0 Å². The summed E-state index contributed by atoms with van der Waals surface area (Å²) in [6.07, 6.45) is 0. The highest BCUT2D eigenvalue weighted by Gasteiger charge is 2.52. The molecule has 1 aliphatic heterocycles. The van der Waals surface area contributed by atoms with Crippen LogP contribution < -0.4 is 4.74 Å². The first-order valence-electron chi connectivity index (χ1n) is 18.1. The van der Waals surface area contributed by atoms with Crippen molar-refractivity contribution in [2.45, 2.75) is 5.41 Å². The first kappa shape index (κ1) is 28.0. The van der Waals surface area contributed by atoms with Crippen molar-refractivity contribution in [3.05, 3.63) is 204 Å². The smallest absolute Gasteiger partial charge is 0.135 e. The molecular formula is C51H30O. The van der Waals surface area contributed by atoms with Gasteiger partial charge in [0.2, 0.25) is 0 Å². The monoisotopic (exact) mass is 658 g/mol. The molecule has 0 amide bonds. The Kier molecular flexibility index (Phi) is 5.49. The third kappa shape index (κ3) is 3.48. The number of hydrogen-bond acceptors (Lipinski definition) is 1. The van der Waals surface area contributed by atoms with Gasteiger partial charge >= 0.3 is 0 Å². The lowest BCUT2D eigenvalue weighted by molar-refractivity contribution is 0.487. The molecule has 2 aliphatic carbocycles. The largest absolute Gasteiger partial charge is 0.456 e. The Morgan fingerprint density at radius 1 is 0.327 bits per heavy atom. The summed E-state index contributed by atoms with van der Waals surface area (Å²) in [5, 5.41) is 4.96. The van der Waals surface area contributed by atoms with E-state index in [4.69, 9.17) is 4.74 Å². The number of ether oxygens (including phenoxy) is 1. The summed E-state index contributed by atoms with van der Waals surface area (Å²) < 4.78 is 6.67. The third-order valence-corrected chi connectivity index (χ3v) is 11.9. The molecule has 0 bridgehead atoms. The van der Waals surface area contributed by atoms with E-state index in [1.165, 1.54) is 93.9 Å². The van der Waals surface area contributed by atoms with Crippen molar-refractivity contribution >= 4 is 21.5 Å². The van der Waals surface area contributed by atoms with Gasteiger partial charge < -0.3 is 4.74 Å². The number of fused-ring (bicyclic) bond motifs is 14. The second kappa shape index (κ2) is 10.2. The number of benzene rings is 9. The van der Waals surface area contributed by atoms with Gasteiger partial charge in [0.1, 0.15) is 11.5 Å². The van der Waals surface area contributed by atoms with Crippen LogP contribution in [-0.4, -0.2) is 0 Å². The van der Waals surface area contributed by atoms with E-state index in [1.807, 2.05) is 0 Å². The molecule has 3 aliphatic rings. The summed E-state index contributed by atoms with van der Waals surface area (Å²) >= 11 is 0. The molecular weight excluding hydrogens is 629 g/mol. The lowest BCUT2D eigenvalue weighted by Gasteiger charge is -2.30. The van der Waals surface area contributed by atoms with Crippen LogP contribution in [0.15, 0.2) is 182 Å². The van der Waals surface area contributed by atoms with Crippen molar-refractivity contribution in [2.24, 2.45) is 0 Å². The molecule has 0 aromatic heterocycles. The molecule has 1 spiro atoms. The Labute approximate surface area is 302 Å². The first-order valence-corrected chi connectivity index (χ1v) is 18.1. The first-order chi connectivity index (χ1) is 25.8. The van der Waals surface area contributed by atoms with Crippen molar-refractivity contribution in [2.75, 3.05) is 0 Å². The third-order valence-electron chi connectivity index (χ3n) is 11.9. The zero-order chi connectivity index (χ0) is 34.0. The van der Waals surface area contributed by atoms with Crippen molar-refractivity contribution in [1.82, 2.24) is 0 Å². The highest BCUT2D eigenvalue weighted by Crippen LogP contribution is 2.65. The van der Waals surface area contributed by atoms with Crippen LogP contribution >= 0.6 is 0 Å². The van der Waals surface area contributed by atoms with Gasteiger partial charge in [0.25, 0.3) is 0 Å². The van der Waals surface area contributed by atoms with Crippen molar-refractivity contribution in [3.8, 4) is 67.1 Å². The predicted molar refractivity (Wildman–Crippen MR) is 214 cm³/mol. The highest BCUT2D eigenvalue weighted by atomic mass is 16.5. The maximum Gasteiger partial charge on any atom is 0.135 e. The topological polar surface area (TPSA) is 9.23 Å². The fourth-order valence-electron chi connectivity index (χ4n) is 9.86. The molecule has 0 saturated carbocycles. The zero-order valence-electron chi connectivity index (χ0n) is 28.2. The lowest BCUT2D eigenvalue weighted by Crippen LogP contribution is -2.25. The molecule has 9 aromatic carbocycles. The van der Waals surface area contributed by atoms with Gasteiger partial charge in [-0.25, -0.2) is 0 Å². The van der Waals surface area contributed by atoms with E-state index in [0.717, 1.165) is 17.1 Å². The summed E-state index contributed by atoms with van der Waals surface area (Å²) in [6, 6.07) is 67.1. The molecule has 240 valence electrons. The van der Waals surface area contributed by atoms with E-state index < -0.39 is 5.41 Å². The lowest BCUT2D eigenvalue weighted by atomic mass is 9.70. The van der Waals surface area contributed by atoms with E-state index in [2.05, 4.69) is 182 Å². The summed E-state index contributed by atoms with van der Waals surface area (Å²) in [4.78, 5) is 0. The standard InChI is InChI=1S/C51H30O/c1-2-12-31(13-3-1)33-25-28-46-41(30-33)38-19-10-18-37-35(26-29-47(52-46)50(37)38)36-20-11-23-44-49(36)40-17-7-9-22-43(40)51(44)42-21-8-6-16-39(42)48-34-15-5-4-14-32(34)24-27-45(48)51/h1-30H. The molecule has 0 fully saturated rings. The fourth-order valence-corrected chi connectivity index (χ4v) is 9.86. The normalized spacial score (nSPS) is 15.5. The molecule has 1 heteroatoms. The minimum atomic E-state index is -0.417. The SMILES string of the molecule is c1ccc(-c2ccc3c(c2)-c2cccc4c(-c5cccc6c5-c5ccccc5C65c6ccccc6-c6c5ccc5ccccc65)ccc(c24)O3)cc1. The van der Waals surface area contributed by atoms with Gasteiger partial charge in [-0.2, -0.15) is 0 Å². The Hall–Kier alpha value is -6.70. The van der Waals surface area contributed by atoms with Crippen LogP contribution in [0.25, 0.3) is 77.2 Å². The number of hydrogen-bond donors (Lipinski definition) is 0. The summed E-state index contributed by atoms with van der Waals surface area (Å²) in [5.74, 6) is 1.80. The van der Waals surface area contributed by atoms with Crippen LogP contribution in [0.1, 0.15) is 22.3 Å². The summed E-state index contributed by atoms with van der Waals surface area (Å²) in [5.41, 5.74) is 17.5. The fraction of sp³-hybridized carbons (Fsp3) is 0.0196. The van der Waals surface area contributed by atoms with E-state index >= 15 is 0 Å². The molecule has 1 heterocycles. The Balaban J connectivity index is 1.13. The zero-order valence-corrected chi connectivity index (χ0v) is 28.2. The second-order valence-electron chi connectivity index (χ2n) is 14.3. The Morgan fingerprint density at radius 3 is 1.83 bits per heavy atom. The highest BCUT2D eigenvalue weighted by molar-refractivity contribution is 6.13. The maximum absolute atomic E-state index is 6.67. The van der Waals surface area contributed by atoms with Crippen molar-refractivity contribution < 1.29 is 4.74 Å². The average Bonchev–Trinajstić information content (AvgIpc) is 3.69. The van der Waals surface area contributed by atoms with E-state index in [1.54, 1.807) is 0 Å². The molecule has 12 rings (SSSR count). The van der Waals surface area contributed by atoms with Gasteiger partial charge in [-0.05, 0) is 107 Å². The second-order valence-corrected chi connectivity index (χ2v) is 14.3. The van der Waals surface area contributed by atoms with Gasteiger partial charge in [-0.3, -0.25) is 0 Å². The van der Waals surface area contributed by atoms with Gasteiger partial charge in [0, 0.05) is 10.9 Å². The van der Waals surface area contributed by atoms with Crippen LogP contribution in [-0.2, 0) is 5.41 Å². The maximum atomic E-state index is 6.67. The van der Waals surface area contributed by atoms with Gasteiger partial charge in [-0.15, -0.1) is 0 Å². The van der Waals surface area contributed by atoms with Gasteiger partial charge in [0.05, 0.1) is 5.41 Å². The summed E-state index contributed by atoms with van der Waals surface area (Å²) in [7, 11) is 0. The molecule has 9 aromatic rings. The molecule has 52 heavy (non-hydrogen) atoms. The van der Waals surface area contributed by atoms with Crippen LogP contribution in [0.2, 0.25) is 0 Å². The van der Waals surface area contributed by atoms with Crippen LogP contribution in [0.3, 0.4) is 0 Å². The molecule has 1 unspecified atom stereocenters. The van der Waals surface area contributed by atoms with E-state index in [9.17, 15) is 0 Å². The minimum Gasteiger partial charge on any atom is -0.456 e. The van der Waals surface area contributed by atoms with Crippen molar-refractivity contribution in [1.29, 1.82) is 0 Å². The van der Waals surface area contributed by atoms with Crippen LogP contribution in [0.5, 0.6) is 11.5 Å². The van der Waals surface area contributed by atoms with Gasteiger partial charge in [0.15, 0.2) is 0 Å². The van der Waals surface area contributed by atoms with Gasteiger partial charge in [-0.1, -0.05) is 164 Å². The van der Waals surface area contributed by atoms with Crippen LogP contribution in [0.4, 0.5) is 0 Å². The average molecular weight is 659 g/mol. The molecule has 1 nitrogen and oxygen atoms in total. The van der Waals surface area contributed by atoms with Crippen molar-refractivity contribution in [3.63, 3.8) is 0 Å². The molecule has 0 saturated heterocycles. The Morgan fingerprint density at radius 2 is 0.962 bits per heavy atom. The quantitative estimate of drug-likeness (QED) is 0.180. The number of rotatable bonds is 2. The van der Waals surface area contributed by atoms with Crippen LogP contribution in [0, 0.1) is 0 Å². The minimum absolute atomic E-state index is 0.417. The summed E-state index contributed by atoms with van der Waals surface area (Å²) in [6.45, 7) is 0. The Bertz CT molecular complexity index is 2990. The molecule has 0 radical (unpaired) electrons. The van der Waals surface area contributed by atoms with E-state index in [0.29, 0.717) is 0 Å².